The third kappa shape index (κ3) is 2.51. The summed E-state index contributed by atoms with van der Waals surface area (Å²) in [5, 5.41) is 1.31. The number of rotatable bonds is 3. The molecule has 112 valence electrons. The average molecular weight is 316 g/mol. The van der Waals surface area contributed by atoms with E-state index in [0.717, 1.165) is 5.75 Å². The molecule has 0 aliphatic rings. The molecular weight excluding hydrogens is 300 g/mol. The molecule has 4 rings (SSSR count). The zero-order chi connectivity index (χ0) is 15.6. The molecule has 0 saturated heterocycles. The van der Waals surface area contributed by atoms with Gasteiger partial charge in [0.25, 0.3) is 0 Å². The summed E-state index contributed by atoms with van der Waals surface area (Å²) >= 11 is 1.84. The molecule has 0 spiro atoms. The van der Waals surface area contributed by atoms with Crippen LogP contribution in [0.2, 0.25) is 0 Å². The van der Waals surface area contributed by atoms with Crippen molar-refractivity contribution in [2.75, 3.05) is 7.11 Å². The second kappa shape index (κ2) is 5.90. The van der Waals surface area contributed by atoms with Crippen molar-refractivity contribution in [3.05, 3.63) is 78.9 Å². The number of thiophene rings is 1. The van der Waals surface area contributed by atoms with E-state index in [9.17, 15) is 0 Å². The summed E-state index contributed by atoms with van der Waals surface area (Å²) in [6.07, 6.45) is 0. The summed E-state index contributed by atoms with van der Waals surface area (Å²) in [6.45, 7) is 0. The van der Waals surface area contributed by atoms with E-state index in [0.29, 0.717) is 0 Å². The molecule has 4 aromatic rings. The zero-order valence-corrected chi connectivity index (χ0v) is 13.6. The van der Waals surface area contributed by atoms with Gasteiger partial charge in [0.05, 0.1) is 7.11 Å². The highest BCUT2D eigenvalue weighted by molar-refractivity contribution is 7.23. The predicted octanol–water partition coefficient (Wildman–Crippen LogP) is 6.24. The molecule has 0 unspecified atom stereocenters. The van der Waals surface area contributed by atoms with E-state index in [1.165, 1.54) is 31.7 Å². The molecule has 0 fully saturated rings. The lowest BCUT2D eigenvalue weighted by atomic mass is 9.99. The Bertz CT molecular complexity index is 937. The molecule has 0 bridgehead atoms. The smallest absolute Gasteiger partial charge is 0.118 e. The van der Waals surface area contributed by atoms with Gasteiger partial charge in [-0.2, -0.15) is 0 Å². The molecule has 3 aromatic carbocycles. The van der Waals surface area contributed by atoms with E-state index in [1.54, 1.807) is 7.11 Å². The van der Waals surface area contributed by atoms with Crippen LogP contribution in [0.1, 0.15) is 0 Å². The Morgan fingerprint density at radius 1 is 0.696 bits per heavy atom. The predicted molar refractivity (Wildman–Crippen MR) is 99.2 cm³/mol. The van der Waals surface area contributed by atoms with E-state index in [1.807, 2.05) is 23.5 Å². The van der Waals surface area contributed by atoms with Crippen molar-refractivity contribution in [3.63, 3.8) is 0 Å². The van der Waals surface area contributed by atoms with Gasteiger partial charge in [0.15, 0.2) is 0 Å². The molecule has 0 aliphatic heterocycles. The van der Waals surface area contributed by atoms with Crippen molar-refractivity contribution in [2.24, 2.45) is 0 Å². The fourth-order valence-electron chi connectivity index (χ4n) is 2.88. The molecular formula is C21H16OS. The summed E-state index contributed by atoms with van der Waals surface area (Å²) in [7, 11) is 1.70. The van der Waals surface area contributed by atoms with Crippen LogP contribution < -0.4 is 4.74 Å². The average Bonchev–Trinajstić information content (AvgIpc) is 3.02. The fraction of sp³-hybridized carbons (Fsp3) is 0.0476. The highest BCUT2D eigenvalue weighted by atomic mass is 32.1. The Morgan fingerprint density at radius 3 is 2.13 bits per heavy atom. The lowest BCUT2D eigenvalue weighted by Gasteiger charge is -2.06. The number of hydrogen-bond acceptors (Lipinski definition) is 2. The van der Waals surface area contributed by atoms with Gasteiger partial charge < -0.3 is 4.74 Å². The molecule has 0 N–H and O–H groups in total. The van der Waals surface area contributed by atoms with Gasteiger partial charge in [0.2, 0.25) is 0 Å². The van der Waals surface area contributed by atoms with Crippen LogP contribution in [0.4, 0.5) is 0 Å². The largest absolute Gasteiger partial charge is 0.497 e. The Balaban J connectivity index is 1.98. The Kier molecular flexibility index (Phi) is 3.60. The highest BCUT2D eigenvalue weighted by Crippen LogP contribution is 2.44. The topological polar surface area (TPSA) is 9.23 Å². The highest BCUT2D eigenvalue weighted by Gasteiger charge is 2.15. The van der Waals surface area contributed by atoms with Crippen LogP contribution in [0.5, 0.6) is 5.75 Å². The molecule has 1 nitrogen and oxygen atoms in total. The Hall–Kier alpha value is -2.58. The summed E-state index contributed by atoms with van der Waals surface area (Å²) in [6, 6.07) is 27.5. The SMILES string of the molecule is COc1ccc(-c2sc3ccccc3c2-c2ccccc2)cc1. The van der Waals surface area contributed by atoms with Gasteiger partial charge in [0, 0.05) is 20.5 Å². The molecule has 1 heterocycles. The summed E-state index contributed by atoms with van der Waals surface area (Å²) in [5.41, 5.74) is 3.80. The van der Waals surface area contributed by atoms with Crippen molar-refractivity contribution in [1.29, 1.82) is 0 Å². The van der Waals surface area contributed by atoms with Crippen LogP contribution in [0.3, 0.4) is 0 Å². The number of methoxy groups -OCH3 is 1. The molecule has 0 atom stereocenters. The van der Waals surface area contributed by atoms with Crippen LogP contribution in [-0.4, -0.2) is 7.11 Å². The van der Waals surface area contributed by atoms with Crippen LogP contribution in [-0.2, 0) is 0 Å². The minimum absolute atomic E-state index is 0.885. The monoisotopic (exact) mass is 316 g/mol. The third-order valence-electron chi connectivity index (χ3n) is 4.01. The van der Waals surface area contributed by atoms with Gasteiger partial charge in [-0.15, -0.1) is 11.3 Å². The van der Waals surface area contributed by atoms with Gasteiger partial charge in [-0.1, -0.05) is 48.5 Å². The second-order valence-corrected chi connectivity index (χ2v) is 6.45. The van der Waals surface area contributed by atoms with E-state index in [4.69, 9.17) is 4.74 Å². The van der Waals surface area contributed by atoms with Crippen LogP contribution in [0, 0.1) is 0 Å². The molecule has 0 radical (unpaired) electrons. The minimum atomic E-state index is 0.885. The van der Waals surface area contributed by atoms with Crippen LogP contribution >= 0.6 is 11.3 Å². The maximum absolute atomic E-state index is 5.28. The lowest BCUT2D eigenvalue weighted by Crippen LogP contribution is -1.83. The first-order chi connectivity index (χ1) is 11.4. The maximum atomic E-state index is 5.28. The Morgan fingerprint density at radius 2 is 1.39 bits per heavy atom. The van der Waals surface area contributed by atoms with Crippen molar-refractivity contribution >= 4 is 21.4 Å². The van der Waals surface area contributed by atoms with Crippen molar-refractivity contribution in [1.82, 2.24) is 0 Å². The van der Waals surface area contributed by atoms with Crippen molar-refractivity contribution in [2.45, 2.75) is 0 Å². The first-order valence-corrected chi connectivity index (χ1v) is 8.40. The summed E-state index contributed by atoms with van der Waals surface area (Å²) in [4.78, 5) is 1.31. The molecule has 2 heteroatoms. The summed E-state index contributed by atoms with van der Waals surface area (Å²) in [5.74, 6) is 0.885. The van der Waals surface area contributed by atoms with Gasteiger partial charge in [-0.3, -0.25) is 0 Å². The molecule has 0 saturated carbocycles. The first-order valence-electron chi connectivity index (χ1n) is 7.58. The van der Waals surface area contributed by atoms with Gasteiger partial charge in [0.1, 0.15) is 5.75 Å². The van der Waals surface area contributed by atoms with E-state index in [-0.39, 0.29) is 0 Å². The van der Waals surface area contributed by atoms with Crippen molar-refractivity contribution < 1.29 is 4.74 Å². The summed E-state index contributed by atoms with van der Waals surface area (Å²) < 4.78 is 6.60. The maximum Gasteiger partial charge on any atom is 0.118 e. The number of ether oxygens (including phenoxy) is 1. The number of hydrogen-bond donors (Lipinski definition) is 0. The van der Waals surface area contributed by atoms with Gasteiger partial charge in [-0.25, -0.2) is 0 Å². The minimum Gasteiger partial charge on any atom is -0.497 e. The Labute approximate surface area is 139 Å². The van der Waals surface area contributed by atoms with Crippen molar-refractivity contribution in [3.8, 4) is 27.3 Å². The lowest BCUT2D eigenvalue weighted by molar-refractivity contribution is 0.415. The van der Waals surface area contributed by atoms with E-state index < -0.39 is 0 Å². The first kappa shape index (κ1) is 14.0. The van der Waals surface area contributed by atoms with Gasteiger partial charge >= 0.3 is 0 Å². The van der Waals surface area contributed by atoms with E-state index in [2.05, 4.69) is 66.7 Å². The number of benzene rings is 3. The fourth-order valence-corrected chi connectivity index (χ4v) is 4.11. The van der Waals surface area contributed by atoms with Gasteiger partial charge in [-0.05, 0) is 41.5 Å². The van der Waals surface area contributed by atoms with Crippen LogP contribution in [0.25, 0.3) is 31.7 Å². The molecule has 0 aliphatic carbocycles. The second-order valence-electron chi connectivity index (χ2n) is 5.40. The van der Waals surface area contributed by atoms with Crippen LogP contribution in [0.15, 0.2) is 78.9 Å². The van der Waals surface area contributed by atoms with E-state index >= 15 is 0 Å². The standard InChI is InChI=1S/C21H16OS/c1-22-17-13-11-16(12-14-17)21-20(15-7-3-2-4-8-15)18-9-5-6-10-19(18)23-21/h2-14H,1H3. The normalized spacial score (nSPS) is 10.8. The molecule has 23 heavy (non-hydrogen) atoms. The quantitative estimate of drug-likeness (QED) is 0.434. The number of fused-ring (bicyclic) bond motifs is 1. The zero-order valence-electron chi connectivity index (χ0n) is 12.8. The molecule has 1 aromatic heterocycles. The molecule has 0 amide bonds. The third-order valence-corrected chi connectivity index (χ3v) is 5.23.